The first-order valence-electron chi connectivity index (χ1n) is 9.38. The summed E-state index contributed by atoms with van der Waals surface area (Å²) in [6.45, 7) is 12.2. The van der Waals surface area contributed by atoms with Crippen LogP contribution in [0.3, 0.4) is 0 Å². The van der Waals surface area contributed by atoms with E-state index in [2.05, 4.69) is 9.98 Å². The molecule has 0 spiro atoms. The topological polar surface area (TPSA) is 70.8 Å². The second kappa shape index (κ2) is 11.3. The van der Waals surface area contributed by atoms with Gasteiger partial charge in [0, 0.05) is 26.5 Å². The number of hydrogen-bond donors (Lipinski definition) is 0. The van der Waals surface area contributed by atoms with Crippen molar-refractivity contribution in [2.45, 2.75) is 52.4 Å². The molecule has 0 aromatic heterocycles. The Morgan fingerprint density at radius 3 is 1.21 bits per heavy atom. The Morgan fingerprint density at radius 1 is 0.655 bits per heavy atom. The molecule has 2 aromatic carbocycles. The summed E-state index contributed by atoms with van der Waals surface area (Å²) in [5.41, 5.74) is 2.81. The average molecular weight is 446 g/mol. The van der Waals surface area contributed by atoms with E-state index < -0.39 is 0 Å². The van der Waals surface area contributed by atoms with Gasteiger partial charge in [-0.05, 0) is 33.1 Å². The van der Waals surface area contributed by atoms with Gasteiger partial charge in [-0.1, -0.05) is 89.4 Å². The van der Waals surface area contributed by atoms with Crippen molar-refractivity contribution in [3.05, 3.63) is 58.7 Å². The quantitative estimate of drug-likeness (QED) is 0.513. The summed E-state index contributed by atoms with van der Waals surface area (Å²) in [6, 6.07) is 11.2. The average Bonchev–Trinajstić information content (AvgIpc) is 2.57. The van der Waals surface area contributed by atoms with Crippen LogP contribution in [-0.4, -0.2) is 26.5 Å². The summed E-state index contributed by atoms with van der Waals surface area (Å²) in [5, 5.41) is 23.8. The first-order valence-corrected chi connectivity index (χ1v) is 9.38. The summed E-state index contributed by atoms with van der Waals surface area (Å²) in [5.74, 6) is 0.177. The van der Waals surface area contributed by atoms with Crippen LogP contribution in [0.15, 0.2) is 46.4 Å². The zero-order valence-corrected chi connectivity index (χ0v) is 22.0. The molecule has 29 heavy (non-hydrogen) atoms. The second-order valence-electron chi connectivity index (χ2n) is 8.72. The largest absolute Gasteiger partial charge is 2.00 e. The third kappa shape index (κ3) is 7.74. The molecule has 0 unspecified atom stereocenters. The van der Waals surface area contributed by atoms with Crippen molar-refractivity contribution in [2.75, 3.05) is 14.1 Å². The van der Waals surface area contributed by atoms with Crippen LogP contribution in [-0.2, 0) is 30.3 Å². The van der Waals surface area contributed by atoms with Crippen LogP contribution in [0.4, 0.5) is 0 Å². The van der Waals surface area contributed by atoms with Crippen molar-refractivity contribution in [3.63, 3.8) is 0 Å². The van der Waals surface area contributed by atoms with Crippen LogP contribution in [0.25, 0.3) is 0 Å². The minimum absolute atomic E-state index is 0. The Hall–Kier alpha value is -2.00. The Morgan fingerprint density at radius 2 is 0.966 bits per heavy atom. The molecule has 0 bridgehead atoms. The van der Waals surface area contributed by atoms with Gasteiger partial charge in [0.2, 0.25) is 0 Å². The number of para-hydroxylation sites is 2. The standard InChI is InChI=1S/2C12H17NO.Zn/c2*1-12(2,3)10-7-5-6-9(8-13-4)11(10)14;/h2*5-8,14H,1-4H3;/q;;+2/p-2. The maximum absolute atomic E-state index is 11.9. The molecule has 0 amide bonds. The van der Waals surface area contributed by atoms with Gasteiger partial charge in [-0.3, -0.25) is 9.98 Å². The van der Waals surface area contributed by atoms with E-state index in [1.165, 1.54) is 0 Å². The number of aliphatic imine (C=N–C) groups is 2. The molecule has 0 heterocycles. The Labute approximate surface area is 188 Å². The summed E-state index contributed by atoms with van der Waals surface area (Å²) in [4.78, 5) is 7.73. The van der Waals surface area contributed by atoms with Gasteiger partial charge in [-0.2, -0.15) is 0 Å². The molecule has 2 rings (SSSR count). The summed E-state index contributed by atoms with van der Waals surface area (Å²) in [7, 11) is 3.34. The van der Waals surface area contributed by atoms with Crippen LogP contribution in [0.5, 0.6) is 11.5 Å². The Balaban J connectivity index is 0.000000523. The predicted octanol–water partition coefficient (Wildman–Crippen LogP) is 4.21. The van der Waals surface area contributed by atoms with E-state index in [-0.39, 0.29) is 41.8 Å². The van der Waals surface area contributed by atoms with Gasteiger partial charge in [0.15, 0.2) is 0 Å². The zero-order valence-electron chi connectivity index (χ0n) is 19.0. The van der Waals surface area contributed by atoms with E-state index in [0.717, 1.165) is 11.1 Å². The van der Waals surface area contributed by atoms with Crippen molar-refractivity contribution < 1.29 is 29.7 Å². The van der Waals surface area contributed by atoms with E-state index in [9.17, 15) is 10.2 Å². The molecular weight excluding hydrogens is 414 g/mol. The smallest absolute Gasteiger partial charge is 0.872 e. The van der Waals surface area contributed by atoms with Gasteiger partial charge in [-0.15, -0.1) is 0 Å². The first-order chi connectivity index (χ1) is 12.9. The fourth-order valence-corrected chi connectivity index (χ4v) is 2.77. The van der Waals surface area contributed by atoms with Gasteiger partial charge < -0.3 is 10.2 Å². The van der Waals surface area contributed by atoms with E-state index in [0.29, 0.717) is 11.1 Å². The molecule has 0 aliphatic heterocycles. The third-order valence-corrected chi connectivity index (χ3v) is 4.24. The molecule has 0 aliphatic rings. The van der Waals surface area contributed by atoms with Crippen LogP contribution < -0.4 is 10.2 Å². The monoisotopic (exact) mass is 444 g/mol. The summed E-state index contributed by atoms with van der Waals surface area (Å²) < 4.78 is 0. The van der Waals surface area contributed by atoms with Crippen LogP contribution in [0.2, 0.25) is 0 Å². The first kappa shape index (κ1) is 27.0. The number of rotatable bonds is 2. The van der Waals surface area contributed by atoms with E-state index in [4.69, 9.17) is 0 Å². The molecule has 5 heteroatoms. The fraction of sp³-hybridized carbons (Fsp3) is 0.417. The minimum Gasteiger partial charge on any atom is -0.872 e. The van der Waals surface area contributed by atoms with Crippen molar-refractivity contribution in [1.29, 1.82) is 0 Å². The van der Waals surface area contributed by atoms with E-state index in [1.54, 1.807) is 38.7 Å². The Kier molecular flexibility index (Phi) is 10.5. The van der Waals surface area contributed by atoms with Gasteiger partial charge in [0.25, 0.3) is 0 Å². The molecule has 0 fully saturated rings. The minimum atomic E-state index is -0.103. The van der Waals surface area contributed by atoms with Crippen LogP contribution in [0.1, 0.15) is 63.8 Å². The molecular formula is C24H32N2O2Zn. The normalized spacial score (nSPS) is 11.9. The molecule has 152 valence electrons. The van der Waals surface area contributed by atoms with Crippen molar-refractivity contribution in [2.24, 2.45) is 9.98 Å². The Bertz CT molecular complexity index is 773. The van der Waals surface area contributed by atoms with Gasteiger partial charge >= 0.3 is 19.5 Å². The SMILES string of the molecule is CN=Cc1cccc(C(C)(C)C)c1[O-].CN=Cc1cccc(C(C)(C)C)c1[O-].[Zn+2]. The molecule has 0 radical (unpaired) electrons. The zero-order chi connectivity index (χ0) is 21.5. The number of nitrogens with zero attached hydrogens (tertiary/aromatic N) is 2. The molecule has 0 saturated carbocycles. The van der Waals surface area contributed by atoms with E-state index >= 15 is 0 Å². The maximum atomic E-state index is 11.9. The number of benzene rings is 2. The second-order valence-corrected chi connectivity index (χ2v) is 8.72. The molecule has 0 aliphatic carbocycles. The van der Waals surface area contributed by atoms with Gasteiger partial charge in [0.05, 0.1) is 0 Å². The molecule has 4 nitrogen and oxygen atoms in total. The van der Waals surface area contributed by atoms with Gasteiger partial charge in [0.1, 0.15) is 0 Å². The van der Waals surface area contributed by atoms with Crippen molar-refractivity contribution >= 4 is 12.4 Å². The van der Waals surface area contributed by atoms with Crippen molar-refractivity contribution in [1.82, 2.24) is 0 Å². The third-order valence-electron chi connectivity index (χ3n) is 4.24. The molecule has 0 atom stereocenters. The van der Waals surface area contributed by atoms with Crippen LogP contribution in [0, 0.1) is 0 Å². The van der Waals surface area contributed by atoms with Crippen molar-refractivity contribution in [3.8, 4) is 11.5 Å². The summed E-state index contributed by atoms with van der Waals surface area (Å²) in [6.07, 6.45) is 3.22. The van der Waals surface area contributed by atoms with E-state index in [1.807, 2.05) is 65.8 Å². The predicted molar refractivity (Wildman–Crippen MR) is 116 cm³/mol. The van der Waals surface area contributed by atoms with Gasteiger partial charge in [-0.25, -0.2) is 0 Å². The summed E-state index contributed by atoms with van der Waals surface area (Å²) >= 11 is 0. The molecule has 0 saturated heterocycles. The van der Waals surface area contributed by atoms with Crippen LogP contribution >= 0.6 is 0 Å². The fourth-order valence-electron chi connectivity index (χ4n) is 2.77. The maximum Gasteiger partial charge on any atom is 2.00 e. The molecule has 0 N–H and O–H groups in total. The number of hydrogen-bond acceptors (Lipinski definition) is 4. The molecule has 2 aromatic rings.